The van der Waals surface area contributed by atoms with Crippen molar-refractivity contribution in [1.29, 1.82) is 0 Å². The van der Waals surface area contributed by atoms with E-state index in [1.165, 1.54) is 24.3 Å². The summed E-state index contributed by atoms with van der Waals surface area (Å²) in [7, 11) is 0. The third-order valence-corrected chi connectivity index (χ3v) is 14.3. The standard InChI is InChI=1S/C59H98N14O19/c1-32(2)29-44(73-56(88)41(19-23-47(76)77)65-50(82)36(63)31-34-14-16-35(74)17-15-34)57(89)70-42(20-24-48(78)79)55(87)68-38(12-6-9-27-61)52(84)69-40(18-22-46(64)75)54(86)67-37(11-5-8-26-60)51(83)66-39(13-7-10-28-62)53(85)72-45(30-33(3)4)58(90)71-43(59(91)92)21-25-49(80)81/h14-17,32-33,36-45,74H,5-13,18-31,60-63H2,1-4H3,(H2,64,75)(H,65,82)(H,66,83)(H,67,86)(H,68,87)(H,69,84)(H,70,89)(H,71,90)(H,72,85)(H,73,88)(H,76,77)(H,78,79)(H,80,81)(H,91,92)/t36-,37-,38-,39-,40-,41-,42-,43-,44-,45-/m0/s1. The molecule has 24 N–H and O–H groups in total. The van der Waals surface area contributed by atoms with Crippen molar-refractivity contribution in [3.8, 4) is 5.75 Å². The first kappa shape index (κ1) is 81.5. The van der Waals surface area contributed by atoms with Crippen molar-refractivity contribution in [1.82, 2.24) is 47.9 Å². The maximum Gasteiger partial charge on any atom is 0.326 e. The SMILES string of the molecule is CC(C)C[C@H](NC(=O)[C@H](CCCCN)NC(=O)[C@H](CCCCN)NC(=O)[C@H](CCC(N)=O)NC(=O)[C@H](CCCCN)NC(=O)[C@H](CCC(=O)O)NC(=O)[C@H](CC(C)C)NC(=O)[C@H](CCC(=O)O)NC(=O)[C@@H](N)Cc1ccc(O)cc1)C(=O)N[C@@H](CCC(=O)O)C(=O)O. The van der Waals surface area contributed by atoms with Crippen LogP contribution in [-0.4, -0.2) is 189 Å². The number of hydrogen-bond donors (Lipinski definition) is 19. The molecule has 33 heteroatoms. The second kappa shape index (κ2) is 44.0. The molecule has 1 rings (SSSR count). The number of hydrogen-bond acceptors (Lipinski definition) is 19. The summed E-state index contributed by atoms with van der Waals surface area (Å²) in [6, 6.07) is -9.33. The number of nitrogens with one attached hydrogen (secondary N) is 9. The highest BCUT2D eigenvalue weighted by molar-refractivity contribution is 5.99. The van der Waals surface area contributed by atoms with Gasteiger partial charge in [0.25, 0.3) is 0 Å². The number of rotatable bonds is 49. The van der Waals surface area contributed by atoms with Gasteiger partial charge in [-0.1, -0.05) is 39.8 Å². The molecule has 0 unspecified atom stereocenters. The van der Waals surface area contributed by atoms with Crippen molar-refractivity contribution in [2.75, 3.05) is 19.6 Å². The number of carbonyl (C=O) groups excluding carboxylic acids is 10. The first-order valence-electron chi connectivity index (χ1n) is 30.9. The molecule has 1 aromatic rings. The van der Waals surface area contributed by atoms with Crippen LogP contribution in [0.5, 0.6) is 5.75 Å². The van der Waals surface area contributed by atoms with Gasteiger partial charge in [0.2, 0.25) is 59.1 Å². The molecule has 0 aliphatic heterocycles. The zero-order valence-electron chi connectivity index (χ0n) is 52.8. The molecule has 10 amide bonds. The predicted octanol–water partition coefficient (Wildman–Crippen LogP) is -2.95. The Bertz CT molecular complexity index is 2610. The van der Waals surface area contributed by atoms with Crippen LogP contribution < -0.4 is 76.5 Å². The smallest absolute Gasteiger partial charge is 0.326 e. The topological polar surface area (TPSA) is 578 Å². The highest BCUT2D eigenvalue weighted by Crippen LogP contribution is 2.15. The van der Waals surface area contributed by atoms with Gasteiger partial charge in [0.1, 0.15) is 60.1 Å². The fraction of sp³-hybridized carbons (Fsp3) is 0.661. The van der Waals surface area contributed by atoms with Gasteiger partial charge in [-0.15, -0.1) is 0 Å². The quantitative estimate of drug-likeness (QED) is 0.0290. The maximum absolute atomic E-state index is 14.4. The van der Waals surface area contributed by atoms with Crippen LogP contribution in [0.25, 0.3) is 0 Å². The molecule has 0 heterocycles. The highest BCUT2D eigenvalue weighted by atomic mass is 16.4. The van der Waals surface area contributed by atoms with Crippen LogP contribution in [-0.2, 0) is 73.5 Å². The Balaban J connectivity index is 3.66. The van der Waals surface area contributed by atoms with E-state index in [2.05, 4.69) is 47.9 Å². The fourth-order valence-corrected chi connectivity index (χ4v) is 9.28. The molecule has 0 aliphatic carbocycles. The van der Waals surface area contributed by atoms with Gasteiger partial charge in [0.05, 0.1) is 6.04 Å². The molecule has 0 radical (unpaired) electrons. The van der Waals surface area contributed by atoms with Crippen LogP contribution in [0.15, 0.2) is 24.3 Å². The summed E-state index contributed by atoms with van der Waals surface area (Å²) in [6.45, 7) is 7.28. The monoisotopic (exact) mass is 1310 g/mol. The minimum Gasteiger partial charge on any atom is -0.508 e. The summed E-state index contributed by atoms with van der Waals surface area (Å²) in [5.41, 5.74) is 29.4. The lowest BCUT2D eigenvalue weighted by atomic mass is 10.0. The first-order valence-corrected chi connectivity index (χ1v) is 30.9. The Hall–Kier alpha value is -8.56. The number of amides is 10. The van der Waals surface area contributed by atoms with Crippen molar-refractivity contribution >= 4 is 82.9 Å². The molecular weight excluding hydrogens is 1210 g/mol. The van der Waals surface area contributed by atoms with Crippen LogP contribution in [0.1, 0.15) is 155 Å². The lowest BCUT2D eigenvalue weighted by Gasteiger charge is -2.29. The maximum atomic E-state index is 14.4. The average molecular weight is 1310 g/mol. The average Bonchev–Trinajstić information content (AvgIpc) is 1.25. The molecule has 0 saturated heterocycles. The highest BCUT2D eigenvalue weighted by Gasteiger charge is 2.36. The molecule has 0 spiro atoms. The van der Waals surface area contributed by atoms with Gasteiger partial charge in [-0.3, -0.25) is 62.3 Å². The van der Waals surface area contributed by atoms with Gasteiger partial charge in [-0.25, -0.2) is 4.79 Å². The van der Waals surface area contributed by atoms with E-state index in [4.69, 9.17) is 33.8 Å². The minimum absolute atomic E-state index is 0.0185. The number of nitrogens with two attached hydrogens (primary N) is 5. The first-order chi connectivity index (χ1) is 43.3. The number of phenolic OH excluding ortho intramolecular Hbond substituents is 1. The number of carboxylic acids is 4. The number of unbranched alkanes of at least 4 members (excludes halogenated alkanes) is 3. The van der Waals surface area contributed by atoms with E-state index >= 15 is 0 Å². The molecule has 0 saturated carbocycles. The van der Waals surface area contributed by atoms with E-state index < -0.39 is 195 Å². The van der Waals surface area contributed by atoms with E-state index in [1.807, 2.05) is 0 Å². The molecule has 0 bridgehead atoms. The van der Waals surface area contributed by atoms with E-state index in [9.17, 15) is 87.5 Å². The van der Waals surface area contributed by atoms with Crippen LogP contribution >= 0.6 is 0 Å². The molecule has 0 aliphatic rings. The summed E-state index contributed by atoms with van der Waals surface area (Å²) >= 11 is 0. The lowest BCUT2D eigenvalue weighted by molar-refractivity contribution is -0.144. The van der Waals surface area contributed by atoms with Crippen LogP contribution in [0.3, 0.4) is 0 Å². The Morgan fingerprint density at radius 2 is 0.630 bits per heavy atom. The molecule has 1 aromatic carbocycles. The number of aliphatic carboxylic acids is 4. The van der Waals surface area contributed by atoms with Gasteiger partial charge in [-0.05, 0) is 152 Å². The Kier molecular flexibility index (Phi) is 39.0. The molecule has 10 atom stereocenters. The van der Waals surface area contributed by atoms with Gasteiger partial charge in [-0.2, -0.15) is 0 Å². The minimum atomic E-state index is -1.73. The molecule has 92 heavy (non-hydrogen) atoms. The summed E-state index contributed by atoms with van der Waals surface area (Å²) in [4.78, 5) is 185. The van der Waals surface area contributed by atoms with E-state index in [0.717, 1.165) is 0 Å². The summed E-state index contributed by atoms with van der Waals surface area (Å²) in [6.07, 6.45) is -3.19. The van der Waals surface area contributed by atoms with Crippen molar-refractivity contribution in [2.24, 2.45) is 40.5 Å². The van der Waals surface area contributed by atoms with E-state index in [0.29, 0.717) is 24.8 Å². The molecular formula is C59H98N14O19. The van der Waals surface area contributed by atoms with Crippen molar-refractivity contribution in [3.63, 3.8) is 0 Å². The van der Waals surface area contributed by atoms with Crippen LogP contribution in [0, 0.1) is 11.8 Å². The number of aromatic hydroxyl groups is 1. The number of benzene rings is 1. The Morgan fingerprint density at radius 3 is 0.913 bits per heavy atom. The predicted molar refractivity (Wildman–Crippen MR) is 331 cm³/mol. The zero-order chi connectivity index (χ0) is 69.6. The van der Waals surface area contributed by atoms with Gasteiger partial charge < -0.3 is 102 Å². The number of primary amides is 1. The van der Waals surface area contributed by atoms with Gasteiger partial charge >= 0.3 is 23.9 Å². The van der Waals surface area contributed by atoms with Crippen molar-refractivity contribution in [3.05, 3.63) is 29.8 Å². The summed E-state index contributed by atoms with van der Waals surface area (Å²) < 4.78 is 0. The normalized spacial score (nSPS) is 14.4. The Morgan fingerprint density at radius 1 is 0.370 bits per heavy atom. The lowest BCUT2D eigenvalue weighted by Crippen LogP contribution is -2.60. The number of carbonyl (C=O) groups is 14. The van der Waals surface area contributed by atoms with Gasteiger partial charge in [0, 0.05) is 25.7 Å². The largest absolute Gasteiger partial charge is 0.508 e. The third-order valence-electron chi connectivity index (χ3n) is 14.3. The molecule has 33 nitrogen and oxygen atoms in total. The van der Waals surface area contributed by atoms with E-state index in [-0.39, 0.29) is 95.0 Å². The summed E-state index contributed by atoms with van der Waals surface area (Å²) in [5, 5.41) is 70.0. The molecule has 0 aromatic heterocycles. The molecule has 0 fully saturated rings. The van der Waals surface area contributed by atoms with Crippen LogP contribution in [0.2, 0.25) is 0 Å². The van der Waals surface area contributed by atoms with Gasteiger partial charge in [0.15, 0.2) is 0 Å². The zero-order valence-corrected chi connectivity index (χ0v) is 52.8. The summed E-state index contributed by atoms with van der Waals surface area (Å²) in [5.74, 6) is -15.9. The Labute approximate surface area is 534 Å². The van der Waals surface area contributed by atoms with E-state index in [1.54, 1.807) is 27.7 Å². The fourth-order valence-electron chi connectivity index (χ4n) is 9.28. The second-order valence-electron chi connectivity index (χ2n) is 23.3. The van der Waals surface area contributed by atoms with Crippen molar-refractivity contribution in [2.45, 2.75) is 217 Å². The van der Waals surface area contributed by atoms with Crippen LogP contribution in [0.4, 0.5) is 0 Å². The third kappa shape index (κ3) is 34.0. The number of phenols is 1. The van der Waals surface area contributed by atoms with Crippen molar-refractivity contribution < 1.29 is 92.7 Å². The second-order valence-corrected chi connectivity index (χ2v) is 23.3. The number of carboxylic acid groups (broad SMARTS) is 4. The molecule has 518 valence electrons.